The molecule has 1 aromatic carbocycles. The van der Waals surface area contributed by atoms with E-state index < -0.39 is 0 Å². The van der Waals surface area contributed by atoms with Crippen molar-refractivity contribution in [3.05, 3.63) is 29.6 Å². The number of carbonyl (C=O) groups is 2. The second-order valence-corrected chi connectivity index (χ2v) is 11.5. The molecule has 1 aromatic rings. The molecule has 0 radical (unpaired) electrons. The number of ether oxygens (including phenoxy) is 4. The van der Waals surface area contributed by atoms with Crippen molar-refractivity contribution in [2.24, 2.45) is 0 Å². The van der Waals surface area contributed by atoms with E-state index in [0.29, 0.717) is 38.8 Å². The minimum atomic E-state index is -0.367. The number of rotatable bonds is 5. The molecule has 0 N–H and O–H groups in total. The van der Waals surface area contributed by atoms with E-state index in [1.54, 1.807) is 24.1 Å². The van der Waals surface area contributed by atoms with Crippen LogP contribution in [0, 0.1) is 5.82 Å². The van der Waals surface area contributed by atoms with Crippen LogP contribution in [-0.2, 0) is 24.4 Å². The van der Waals surface area contributed by atoms with Gasteiger partial charge in [0.2, 0.25) is 0 Å². The molecule has 4 fully saturated rings. The quantitative estimate of drug-likeness (QED) is 0.531. The average molecular weight is 534 g/mol. The van der Waals surface area contributed by atoms with E-state index in [-0.39, 0.29) is 49.6 Å². The van der Waals surface area contributed by atoms with E-state index in [2.05, 4.69) is 4.90 Å². The predicted molar refractivity (Wildman–Crippen MR) is 139 cm³/mol. The van der Waals surface area contributed by atoms with Gasteiger partial charge in [-0.05, 0) is 75.4 Å². The molecular weight excluding hydrogens is 493 g/mol. The smallest absolute Gasteiger partial charge is 0.414 e. The highest BCUT2D eigenvalue weighted by Gasteiger charge is 2.50. The normalized spacial score (nSPS) is 30.1. The Labute approximate surface area is 224 Å². The van der Waals surface area contributed by atoms with E-state index >= 15 is 0 Å². The Hall–Kier alpha value is -2.43. The lowest BCUT2D eigenvalue weighted by Gasteiger charge is -2.47. The molecule has 4 saturated heterocycles. The van der Waals surface area contributed by atoms with Gasteiger partial charge in [-0.3, -0.25) is 4.90 Å². The summed E-state index contributed by atoms with van der Waals surface area (Å²) in [5.41, 5.74) is 1.41. The summed E-state index contributed by atoms with van der Waals surface area (Å²) < 4.78 is 35.9. The van der Waals surface area contributed by atoms with Crippen LogP contribution < -0.4 is 4.90 Å². The Balaban J connectivity index is 0.00000308. The topological polar surface area (TPSA) is 80.8 Å². The number of piperidine rings is 2. The summed E-state index contributed by atoms with van der Waals surface area (Å²) in [7, 11) is 1.60. The number of amides is 2. The molecule has 0 aliphatic carbocycles. The fraction of sp³-hybridized carbons (Fsp3) is 0.714. The maximum atomic E-state index is 14.4. The fourth-order valence-electron chi connectivity index (χ4n) is 7.39. The lowest BCUT2D eigenvalue weighted by Crippen LogP contribution is -2.55. The minimum Gasteiger partial charge on any atom is -0.447 e. The van der Waals surface area contributed by atoms with Crippen molar-refractivity contribution in [1.82, 2.24) is 9.80 Å². The second-order valence-electron chi connectivity index (χ2n) is 11.5. The van der Waals surface area contributed by atoms with Gasteiger partial charge in [0.1, 0.15) is 18.5 Å². The summed E-state index contributed by atoms with van der Waals surface area (Å²) >= 11 is 0. The van der Waals surface area contributed by atoms with Gasteiger partial charge in [0.25, 0.3) is 0 Å². The van der Waals surface area contributed by atoms with E-state index in [1.165, 1.54) is 6.07 Å². The van der Waals surface area contributed by atoms with Crippen LogP contribution in [0.3, 0.4) is 0 Å². The molecular formula is C28H40FN3O6. The molecule has 5 aliphatic rings. The van der Waals surface area contributed by atoms with Crippen LogP contribution in [0.4, 0.5) is 19.7 Å². The number of nitrogens with zero attached hydrogens (tertiary/aromatic N) is 3. The van der Waals surface area contributed by atoms with Gasteiger partial charge in [0.05, 0.1) is 25.5 Å². The molecule has 0 saturated carbocycles. The number of fused-ring (bicyclic) bond motifs is 4. The van der Waals surface area contributed by atoms with Crippen molar-refractivity contribution in [2.75, 3.05) is 58.1 Å². The number of anilines is 1. The minimum absolute atomic E-state index is 0. The van der Waals surface area contributed by atoms with Gasteiger partial charge >= 0.3 is 12.2 Å². The number of hydrogen-bond acceptors (Lipinski definition) is 7. The Morgan fingerprint density at radius 1 is 1.08 bits per heavy atom. The summed E-state index contributed by atoms with van der Waals surface area (Å²) in [6.45, 7) is 4.02. The summed E-state index contributed by atoms with van der Waals surface area (Å²) in [4.78, 5) is 32.0. The molecule has 38 heavy (non-hydrogen) atoms. The zero-order valence-corrected chi connectivity index (χ0v) is 22.1. The first-order chi connectivity index (χ1) is 18.5. The third-order valence-electron chi connectivity index (χ3n) is 9.36. The van der Waals surface area contributed by atoms with Crippen LogP contribution >= 0.6 is 0 Å². The largest absolute Gasteiger partial charge is 0.447 e. The van der Waals surface area contributed by atoms with Crippen molar-refractivity contribution in [3.8, 4) is 0 Å². The lowest BCUT2D eigenvalue weighted by molar-refractivity contribution is 0.0194. The SMILES string of the molecule is COCCOC(=O)N1C2CCC1CC(N1CCC3(CC1)CN(C(=O)O[C@@H]1CCOC1)c1ccc(F)cc13)C2.[HH]. The molecule has 10 heteroatoms. The molecule has 9 nitrogen and oxygen atoms in total. The molecule has 2 unspecified atom stereocenters. The number of halogens is 1. The van der Waals surface area contributed by atoms with Gasteiger partial charge in [0, 0.05) is 45.0 Å². The van der Waals surface area contributed by atoms with Crippen molar-refractivity contribution >= 4 is 17.9 Å². The molecule has 2 amide bonds. The molecule has 1 spiro atoms. The summed E-state index contributed by atoms with van der Waals surface area (Å²) in [5, 5.41) is 0. The molecule has 3 atom stereocenters. The Kier molecular flexibility index (Phi) is 7.22. The van der Waals surface area contributed by atoms with Crippen LogP contribution in [0.5, 0.6) is 0 Å². The van der Waals surface area contributed by atoms with E-state index in [4.69, 9.17) is 18.9 Å². The summed E-state index contributed by atoms with van der Waals surface area (Å²) in [6, 6.07) is 5.62. The Morgan fingerprint density at radius 2 is 1.84 bits per heavy atom. The number of likely N-dealkylation sites (tertiary alicyclic amines) is 1. The average Bonchev–Trinajstić information content (AvgIpc) is 3.60. The van der Waals surface area contributed by atoms with Gasteiger partial charge in [-0.2, -0.15) is 0 Å². The van der Waals surface area contributed by atoms with Crippen LogP contribution in [0.15, 0.2) is 18.2 Å². The van der Waals surface area contributed by atoms with Gasteiger partial charge in [-0.1, -0.05) is 0 Å². The van der Waals surface area contributed by atoms with Crippen LogP contribution in [0.1, 0.15) is 51.9 Å². The molecule has 5 heterocycles. The molecule has 6 rings (SSSR count). The standard InChI is InChI=1S/C28H38FN3O6.H2/c1-35-12-13-37-27(34)32-20-3-4-21(32)16-22(15-20)30-9-7-28(8-10-30)18-31(25-5-2-19(29)14-24(25)28)26(33)38-23-6-11-36-17-23;/h2,5,14,20-23H,3-4,6-13,15-18H2,1H3;1H/t20?,21?,22?,23-;/m1./s1. The van der Waals surface area contributed by atoms with Crippen LogP contribution in [0.25, 0.3) is 0 Å². The first kappa shape index (κ1) is 25.8. The van der Waals surface area contributed by atoms with E-state index in [0.717, 1.165) is 62.9 Å². The van der Waals surface area contributed by atoms with Crippen LogP contribution in [-0.4, -0.2) is 99.4 Å². The van der Waals surface area contributed by atoms with Gasteiger partial charge < -0.3 is 28.7 Å². The third kappa shape index (κ3) is 4.75. The maximum absolute atomic E-state index is 14.4. The first-order valence-electron chi connectivity index (χ1n) is 14.0. The Morgan fingerprint density at radius 3 is 2.53 bits per heavy atom. The van der Waals surface area contributed by atoms with Crippen molar-refractivity contribution in [3.63, 3.8) is 0 Å². The van der Waals surface area contributed by atoms with Gasteiger partial charge in [-0.15, -0.1) is 0 Å². The first-order valence-corrected chi connectivity index (χ1v) is 14.0. The van der Waals surface area contributed by atoms with Crippen molar-refractivity contribution < 1.29 is 34.4 Å². The maximum Gasteiger partial charge on any atom is 0.414 e. The van der Waals surface area contributed by atoms with Gasteiger partial charge in [0.15, 0.2) is 0 Å². The monoisotopic (exact) mass is 533 g/mol. The predicted octanol–water partition coefficient (Wildman–Crippen LogP) is 3.93. The zero-order chi connectivity index (χ0) is 26.3. The second kappa shape index (κ2) is 10.6. The molecule has 0 aromatic heterocycles. The molecule has 5 aliphatic heterocycles. The number of hydrogen-bond donors (Lipinski definition) is 0. The number of carbonyl (C=O) groups excluding carboxylic acids is 2. The summed E-state index contributed by atoms with van der Waals surface area (Å²) in [5.74, 6) is -0.272. The lowest BCUT2D eigenvalue weighted by atomic mass is 9.73. The fourth-order valence-corrected chi connectivity index (χ4v) is 7.39. The highest BCUT2D eigenvalue weighted by Crippen LogP contribution is 2.49. The van der Waals surface area contributed by atoms with Crippen molar-refractivity contribution in [2.45, 2.75) is 74.6 Å². The zero-order valence-electron chi connectivity index (χ0n) is 22.1. The van der Waals surface area contributed by atoms with E-state index in [1.807, 2.05) is 4.90 Å². The third-order valence-corrected chi connectivity index (χ3v) is 9.36. The number of benzene rings is 1. The van der Waals surface area contributed by atoms with Crippen LogP contribution in [0.2, 0.25) is 0 Å². The highest BCUT2D eigenvalue weighted by atomic mass is 19.1. The molecule has 210 valence electrons. The summed E-state index contributed by atoms with van der Waals surface area (Å²) in [6.07, 6.45) is 5.57. The number of methoxy groups -OCH3 is 1. The van der Waals surface area contributed by atoms with Crippen molar-refractivity contribution in [1.29, 1.82) is 0 Å². The molecule has 2 bridgehead atoms. The van der Waals surface area contributed by atoms with E-state index in [9.17, 15) is 14.0 Å². The van der Waals surface area contributed by atoms with Gasteiger partial charge in [-0.25, -0.2) is 14.0 Å². The Bertz CT molecular complexity index is 1030. The highest BCUT2D eigenvalue weighted by molar-refractivity contribution is 5.91.